The third-order valence-corrected chi connectivity index (χ3v) is 4.21. The molecule has 2 aliphatic heterocycles. The first kappa shape index (κ1) is 17.0. The van der Waals surface area contributed by atoms with Gasteiger partial charge in [0.05, 0.1) is 18.4 Å². The van der Waals surface area contributed by atoms with Crippen molar-refractivity contribution < 1.29 is 23.4 Å². The Morgan fingerprint density at radius 1 is 1.33 bits per heavy atom. The predicted molar refractivity (Wildman–Crippen MR) is 86.8 cm³/mol. The highest BCUT2D eigenvalue weighted by Gasteiger charge is 2.19. The molecule has 132 valence electrons. The van der Waals surface area contributed by atoms with Gasteiger partial charge < -0.3 is 24.8 Å². The fourth-order valence-electron chi connectivity index (χ4n) is 2.83. The molecule has 0 unspecified atom stereocenters. The third kappa shape index (κ3) is 4.82. The summed E-state index contributed by atoms with van der Waals surface area (Å²) < 4.78 is 30.0. The molecular weight excluding hydrogens is 315 g/mol. The predicted octanol–water partition coefficient (Wildman–Crippen LogP) is 2.54. The average molecular weight is 338 g/mol. The van der Waals surface area contributed by atoms with Crippen LogP contribution in [0.25, 0.3) is 0 Å². The van der Waals surface area contributed by atoms with Gasteiger partial charge in [-0.05, 0) is 31.4 Å². The molecule has 0 aromatic heterocycles. The number of urea groups is 1. The molecule has 0 radical (unpaired) electrons. The van der Waals surface area contributed by atoms with Crippen molar-refractivity contribution in [2.24, 2.45) is 5.92 Å². The first-order valence-electron chi connectivity index (χ1n) is 8.37. The molecule has 2 N–H and O–H groups in total. The highest BCUT2D eigenvalue weighted by molar-refractivity contribution is 5.90. The molecule has 3 rings (SSSR count). The summed E-state index contributed by atoms with van der Waals surface area (Å²) in [4.78, 5) is 12.0. The summed E-state index contributed by atoms with van der Waals surface area (Å²) in [6.07, 6.45) is 2.97. The number of carbonyl (C=O) groups is 1. The van der Waals surface area contributed by atoms with Crippen molar-refractivity contribution in [2.75, 3.05) is 38.3 Å². The maximum absolute atomic E-state index is 13.5. The smallest absolute Gasteiger partial charge is 0.319 e. The Labute approximate surface area is 140 Å². The van der Waals surface area contributed by atoms with Crippen LogP contribution in [0.2, 0.25) is 0 Å². The molecule has 1 aromatic rings. The molecule has 2 amide bonds. The van der Waals surface area contributed by atoms with Gasteiger partial charge in [-0.3, -0.25) is 0 Å². The van der Waals surface area contributed by atoms with Gasteiger partial charge in [-0.25, -0.2) is 9.18 Å². The number of rotatable bonds is 6. The Bertz CT molecular complexity index is 558. The van der Waals surface area contributed by atoms with Crippen molar-refractivity contribution in [2.45, 2.75) is 25.4 Å². The highest BCUT2D eigenvalue weighted by Crippen LogP contribution is 2.26. The zero-order valence-corrected chi connectivity index (χ0v) is 13.6. The minimum absolute atomic E-state index is 0.0547. The Morgan fingerprint density at radius 3 is 3.00 bits per heavy atom. The molecular formula is C17H23FN2O4. The first-order chi connectivity index (χ1) is 11.7. The fraction of sp³-hybridized carbons (Fsp3) is 0.588. The van der Waals surface area contributed by atoms with E-state index in [0.29, 0.717) is 37.1 Å². The van der Waals surface area contributed by atoms with Crippen LogP contribution in [0.3, 0.4) is 0 Å². The average Bonchev–Trinajstić information content (AvgIpc) is 3.26. The molecule has 2 heterocycles. The normalized spacial score (nSPS) is 23.2. The highest BCUT2D eigenvalue weighted by atomic mass is 19.1. The number of carbonyl (C=O) groups excluding carboxylic acids is 1. The first-order valence-corrected chi connectivity index (χ1v) is 8.37. The summed E-state index contributed by atoms with van der Waals surface area (Å²) in [7, 11) is 0. The molecule has 2 saturated heterocycles. The number of halogens is 1. The van der Waals surface area contributed by atoms with E-state index in [1.54, 1.807) is 0 Å². The van der Waals surface area contributed by atoms with Crippen molar-refractivity contribution in [3.05, 3.63) is 24.0 Å². The molecule has 2 fully saturated rings. The monoisotopic (exact) mass is 338 g/mol. The van der Waals surface area contributed by atoms with Crippen molar-refractivity contribution in [1.29, 1.82) is 0 Å². The number of ether oxygens (including phenoxy) is 3. The van der Waals surface area contributed by atoms with Gasteiger partial charge in [-0.15, -0.1) is 0 Å². The fourth-order valence-corrected chi connectivity index (χ4v) is 2.83. The minimum atomic E-state index is -0.432. The SMILES string of the molecule is O=C(NC[C@H]1CCOC1)Nc1cc(F)ccc1OC[C@H]1CCCO1. The van der Waals surface area contributed by atoms with Gasteiger partial charge >= 0.3 is 6.03 Å². The van der Waals surface area contributed by atoms with E-state index in [1.165, 1.54) is 18.2 Å². The van der Waals surface area contributed by atoms with E-state index in [2.05, 4.69) is 10.6 Å². The van der Waals surface area contributed by atoms with Gasteiger partial charge in [0.25, 0.3) is 0 Å². The Morgan fingerprint density at radius 2 is 2.25 bits per heavy atom. The van der Waals surface area contributed by atoms with Crippen LogP contribution in [-0.4, -0.2) is 45.1 Å². The lowest BCUT2D eigenvalue weighted by Crippen LogP contribution is -2.33. The Kier molecular flexibility index (Phi) is 5.87. The van der Waals surface area contributed by atoms with Crippen LogP contribution in [0.1, 0.15) is 19.3 Å². The third-order valence-electron chi connectivity index (χ3n) is 4.21. The minimum Gasteiger partial charge on any atom is -0.489 e. The number of hydrogen-bond acceptors (Lipinski definition) is 4. The molecule has 0 bridgehead atoms. The maximum atomic E-state index is 13.5. The number of benzene rings is 1. The number of nitrogens with one attached hydrogen (secondary N) is 2. The van der Waals surface area contributed by atoms with Crippen molar-refractivity contribution >= 4 is 11.7 Å². The Hall–Kier alpha value is -1.86. The zero-order valence-electron chi connectivity index (χ0n) is 13.6. The van der Waals surface area contributed by atoms with E-state index < -0.39 is 5.82 Å². The molecule has 0 saturated carbocycles. The molecule has 0 spiro atoms. The van der Waals surface area contributed by atoms with Crippen LogP contribution >= 0.6 is 0 Å². The lowest BCUT2D eigenvalue weighted by Gasteiger charge is -2.16. The lowest BCUT2D eigenvalue weighted by atomic mass is 10.1. The summed E-state index contributed by atoms with van der Waals surface area (Å²) in [6, 6.07) is 3.70. The van der Waals surface area contributed by atoms with Gasteiger partial charge in [0.1, 0.15) is 18.2 Å². The number of hydrogen-bond donors (Lipinski definition) is 2. The molecule has 24 heavy (non-hydrogen) atoms. The van der Waals surface area contributed by atoms with Gasteiger partial charge in [0, 0.05) is 31.7 Å². The lowest BCUT2D eigenvalue weighted by molar-refractivity contribution is 0.0682. The second kappa shape index (κ2) is 8.30. The maximum Gasteiger partial charge on any atom is 0.319 e. The van der Waals surface area contributed by atoms with Crippen molar-refractivity contribution in [3.8, 4) is 5.75 Å². The zero-order chi connectivity index (χ0) is 16.8. The number of amides is 2. The largest absolute Gasteiger partial charge is 0.489 e. The van der Waals surface area contributed by atoms with Crippen LogP contribution in [0, 0.1) is 11.7 Å². The summed E-state index contributed by atoms with van der Waals surface area (Å²) in [5.41, 5.74) is 0.313. The van der Waals surface area contributed by atoms with Crippen molar-refractivity contribution in [3.63, 3.8) is 0 Å². The van der Waals surface area contributed by atoms with E-state index in [1.807, 2.05) is 0 Å². The van der Waals surface area contributed by atoms with Gasteiger partial charge in [0.2, 0.25) is 0 Å². The summed E-state index contributed by atoms with van der Waals surface area (Å²) in [6.45, 7) is 3.07. The van der Waals surface area contributed by atoms with Crippen molar-refractivity contribution in [1.82, 2.24) is 5.32 Å². The van der Waals surface area contributed by atoms with E-state index in [4.69, 9.17) is 14.2 Å². The van der Waals surface area contributed by atoms with Crippen LogP contribution in [0.5, 0.6) is 5.75 Å². The standard InChI is InChI=1S/C17H23FN2O4/c18-13-3-4-16(24-11-14-2-1-6-23-14)15(8-13)20-17(21)19-9-12-5-7-22-10-12/h3-4,8,12,14H,1-2,5-7,9-11H2,(H2,19,20,21)/t12-,14-/m1/s1. The number of anilines is 1. The topological polar surface area (TPSA) is 68.8 Å². The second-order valence-corrected chi connectivity index (χ2v) is 6.15. The summed E-state index contributed by atoms with van der Waals surface area (Å²) in [5.74, 6) is 0.337. The summed E-state index contributed by atoms with van der Waals surface area (Å²) in [5, 5.41) is 5.44. The quantitative estimate of drug-likeness (QED) is 0.836. The molecule has 7 heteroatoms. The van der Waals surface area contributed by atoms with E-state index in [0.717, 1.165) is 32.5 Å². The molecule has 2 aliphatic rings. The molecule has 2 atom stereocenters. The van der Waals surface area contributed by atoms with Gasteiger partial charge in [-0.2, -0.15) is 0 Å². The van der Waals surface area contributed by atoms with Gasteiger partial charge in [0.15, 0.2) is 0 Å². The van der Waals surface area contributed by atoms with Crippen LogP contribution < -0.4 is 15.4 Å². The molecule has 1 aromatic carbocycles. The molecule has 6 nitrogen and oxygen atoms in total. The van der Waals surface area contributed by atoms with Crippen LogP contribution in [0.4, 0.5) is 14.9 Å². The van der Waals surface area contributed by atoms with Crippen LogP contribution in [-0.2, 0) is 9.47 Å². The van der Waals surface area contributed by atoms with Crippen LogP contribution in [0.15, 0.2) is 18.2 Å². The Balaban J connectivity index is 1.54. The van der Waals surface area contributed by atoms with E-state index in [-0.39, 0.29) is 12.1 Å². The summed E-state index contributed by atoms with van der Waals surface area (Å²) >= 11 is 0. The van der Waals surface area contributed by atoms with E-state index in [9.17, 15) is 9.18 Å². The van der Waals surface area contributed by atoms with E-state index >= 15 is 0 Å². The second-order valence-electron chi connectivity index (χ2n) is 6.15. The van der Waals surface area contributed by atoms with Gasteiger partial charge in [-0.1, -0.05) is 0 Å². The molecule has 0 aliphatic carbocycles.